The van der Waals surface area contributed by atoms with Crippen molar-refractivity contribution in [3.63, 3.8) is 0 Å². The van der Waals surface area contributed by atoms with Gasteiger partial charge in [-0.2, -0.15) is 5.10 Å². The average Bonchev–Trinajstić information content (AvgIpc) is 2.66. The largest absolute Gasteiger partial charge is 0.498 e. The maximum absolute atomic E-state index is 9.45. The molecular weight excluding hydrogens is 243 g/mol. The number of rotatable bonds is 3. The first-order chi connectivity index (χ1) is 8.64. The quantitative estimate of drug-likeness (QED) is 0.825. The molecule has 1 aliphatic rings. The molecule has 106 valence electrons. The minimum absolute atomic E-state index is 0.351. The summed E-state index contributed by atoms with van der Waals surface area (Å²) in [7, 11) is -0.396. The second kappa shape index (κ2) is 4.61. The van der Waals surface area contributed by atoms with Crippen LogP contribution >= 0.6 is 0 Å². The maximum atomic E-state index is 9.45. The highest BCUT2D eigenvalue weighted by Gasteiger charge is 2.52. The van der Waals surface area contributed by atoms with Crippen LogP contribution in [0.2, 0.25) is 0 Å². The Morgan fingerprint density at radius 2 is 1.84 bits per heavy atom. The van der Waals surface area contributed by atoms with Crippen LogP contribution in [-0.4, -0.2) is 39.3 Å². The lowest BCUT2D eigenvalue weighted by Gasteiger charge is -2.32. The van der Waals surface area contributed by atoms with Crippen molar-refractivity contribution in [2.24, 2.45) is 0 Å². The Morgan fingerprint density at radius 3 is 2.32 bits per heavy atom. The highest BCUT2D eigenvalue weighted by molar-refractivity contribution is 6.62. The van der Waals surface area contributed by atoms with E-state index in [9.17, 15) is 5.11 Å². The molecule has 1 atom stereocenters. The molecule has 2 heterocycles. The summed E-state index contributed by atoms with van der Waals surface area (Å²) in [5, 5.41) is 13.7. The van der Waals surface area contributed by atoms with E-state index in [2.05, 4.69) is 5.10 Å². The fraction of sp³-hybridized carbons (Fsp3) is 0.769. The Balaban J connectivity index is 2.23. The van der Waals surface area contributed by atoms with Gasteiger partial charge in [0.05, 0.1) is 23.9 Å². The standard InChI is InChI=1S/C13H23BN2O3/c1-9(17)8-16-10(2)11(7-15-16)14-18-12(3,4)13(5,6)19-14/h7,9,17H,8H2,1-6H3. The molecule has 2 rings (SSSR count). The topological polar surface area (TPSA) is 56.5 Å². The smallest absolute Gasteiger partial charge is 0.399 e. The van der Waals surface area contributed by atoms with E-state index in [1.54, 1.807) is 17.8 Å². The average molecular weight is 266 g/mol. The minimum Gasteiger partial charge on any atom is -0.399 e. The molecule has 6 heteroatoms. The van der Waals surface area contributed by atoms with E-state index in [-0.39, 0.29) is 11.2 Å². The van der Waals surface area contributed by atoms with Crippen molar-refractivity contribution in [2.75, 3.05) is 0 Å². The van der Waals surface area contributed by atoms with E-state index in [0.717, 1.165) is 11.2 Å². The van der Waals surface area contributed by atoms with Crippen molar-refractivity contribution in [1.82, 2.24) is 9.78 Å². The van der Waals surface area contributed by atoms with Crippen molar-refractivity contribution in [3.05, 3.63) is 11.9 Å². The van der Waals surface area contributed by atoms with Crippen LogP contribution in [0.25, 0.3) is 0 Å². The molecule has 0 saturated carbocycles. The predicted octanol–water partition coefficient (Wildman–Crippen LogP) is 0.872. The number of aliphatic hydroxyl groups is 1. The van der Waals surface area contributed by atoms with Crippen molar-refractivity contribution >= 4 is 12.6 Å². The third kappa shape index (κ3) is 2.57. The summed E-state index contributed by atoms with van der Waals surface area (Å²) in [5.74, 6) is 0. The summed E-state index contributed by atoms with van der Waals surface area (Å²) in [6.45, 7) is 12.3. The summed E-state index contributed by atoms with van der Waals surface area (Å²) >= 11 is 0. The highest BCUT2D eigenvalue weighted by atomic mass is 16.7. The molecule has 0 bridgehead atoms. The van der Waals surface area contributed by atoms with Crippen LogP contribution in [-0.2, 0) is 15.9 Å². The number of hydrogen-bond donors (Lipinski definition) is 1. The van der Waals surface area contributed by atoms with Crippen molar-refractivity contribution in [3.8, 4) is 0 Å². The molecular formula is C13H23BN2O3. The predicted molar refractivity (Wildman–Crippen MR) is 74.4 cm³/mol. The highest BCUT2D eigenvalue weighted by Crippen LogP contribution is 2.36. The maximum Gasteiger partial charge on any atom is 0.498 e. The summed E-state index contributed by atoms with van der Waals surface area (Å²) in [6.07, 6.45) is 1.34. The molecule has 1 fully saturated rings. The van der Waals surface area contributed by atoms with E-state index in [4.69, 9.17) is 9.31 Å². The molecule has 1 aliphatic heterocycles. The van der Waals surface area contributed by atoms with Crippen LogP contribution < -0.4 is 5.46 Å². The molecule has 1 N–H and O–H groups in total. The Morgan fingerprint density at radius 1 is 1.32 bits per heavy atom. The van der Waals surface area contributed by atoms with Gasteiger partial charge in [0.1, 0.15) is 0 Å². The van der Waals surface area contributed by atoms with Gasteiger partial charge in [-0.25, -0.2) is 0 Å². The first kappa shape index (κ1) is 14.6. The second-order valence-corrected chi connectivity index (χ2v) is 6.30. The first-order valence-corrected chi connectivity index (χ1v) is 6.70. The molecule has 19 heavy (non-hydrogen) atoms. The van der Waals surface area contributed by atoms with E-state index in [1.165, 1.54) is 0 Å². The summed E-state index contributed by atoms with van der Waals surface area (Å²) in [5.41, 5.74) is 1.20. The van der Waals surface area contributed by atoms with E-state index in [0.29, 0.717) is 6.54 Å². The number of aromatic nitrogens is 2. The van der Waals surface area contributed by atoms with Gasteiger partial charge in [-0.15, -0.1) is 0 Å². The summed E-state index contributed by atoms with van der Waals surface area (Å²) in [6, 6.07) is 0. The second-order valence-electron chi connectivity index (χ2n) is 6.30. The Bertz CT molecular complexity index is 452. The Labute approximate surface area is 115 Å². The molecule has 0 aliphatic carbocycles. The number of hydrogen-bond acceptors (Lipinski definition) is 4. The van der Waals surface area contributed by atoms with Crippen LogP contribution in [0.15, 0.2) is 6.20 Å². The lowest BCUT2D eigenvalue weighted by molar-refractivity contribution is 0.00578. The monoisotopic (exact) mass is 266 g/mol. The van der Waals surface area contributed by atoms with Crippen molar-refractivity contribution in [2.45, 2.75) is 65.4 Å². The van der Waals surface area contributed by atoms with Crippen molar-refractivity contribution in [1.29, 1.82) is 0 Å². The lowest BCUT2D eigenvalue weighted by atomic mass is 9.79. The third-order valence-corrected chi connectivity index (χ3v) is 4.09. The zero-order valence-corrected chi connectivity index (χ0v) is 12.6. The summed E-state index contributed by atoms with van der Waals surface area (Å²) < 4.78 is 13.8. The van der Waals surface area contributed by atoms with Gasteiger partial charge in [0, 0.05) is 17.4 Å². The van der Waals surface area contributed by atoms with Crippen molar-refractivity contribution < 1.29 is 14.4 Å². The van der Waals surface area contributed by atoms with Crippen LogP contribution in [0.4, 0.5) is 0 Å². The van der Waals surface area contributed by atoms with Gasteiger partial charge in [-0.3, -0.25) is 4.68 Å². The van der Waals surface area contributed by atoms with Gasteiger partial charge in [0.25, 0.3) is 0 Å². The van der Waals surface area contributed by atoms with E-state index < -0.39 is 13.2 Å². The normalized spacial score (nSPS) is 22.8. The molecule has 0 aromatic carbocycles. The fourth-order valence-corrected chi connectivity index (χ4v) is 2.10. The van der Waals surface area contributed by atoms with Crippen LogP contribution in [0, 0.1) is 6.92 Å². The zero-order chi connectivity index (χ0) is 14.4. The molecule has 0 radical (unpaired) electrons. The fourth-order valence-electron chi connectivity index (χ4n) is 2.10. The Kier molecular flexibility index (Phi) is 3.54. The van der Waals surface area contributed by atoms with Crippen LogP contribution in [0.3, 0.4) is 0 Å². The third-order valence-electron chi connectivity index (χ3n) is 4.09. The SMILES string of the molecule is Cc1c(B2OC(C)(C)C(C)(C)O2)cnn1CC(C)O. The van der Waals surface area contributed by atoms with Crippen LogP contribution in [0.1, 0.15) is 40.3 Å². The molecule has 1 unspecified atom stereocenters. The van der Waals surface area contributed by atoms with Gasteiger partial charge in [0.15, 0.2) is 0 Å². The minimum atomic E-state index is -0.426. The van der Waals surface area contributed by atoms with Gasteiger partial charge < -0.3 is 14.4 Å². The zero-order valence-electron chi connectivity index (χ0n) is 12.6. The van der Waals surface area contributed by atoms with E-state index >= 15 is 0 Å². The lowest BCUT2D eigenvalue weighted by Crippen LogP contribution is -2.41. The number of aliphatic hydroxyl groups excluding tert-OH is 1. The molecule has 1 aromatic heterocycles. The van der Waals surface area contributed by atoms with Gasteiger partial charge in [-0.1, -0.05) is 0 Å². The first-order valence-electron chi connectivity index (χ1n) is 6.70. The molecule has 1 aromatic rings. The molecule has 1 saturated heterocycles. The van der Waals surface area contributed by atoms with Crippen LogP contribution in [0.5, 0.6) is 0 Å². The molecule has 0 amide bonds. The Hall–Kier alpha value is -0.845. The molecule has 0 spiro atoms. The number of nitrogens with zero attached hydrogens (tertiary/aromatic N) is 2. The van der Waals surface area contributed by atoms with E-state index in [1.807, 2.05) is 34.6 Å². The summed E-state index contributed by atoms with van der Waals surface area (Å²) in [4.78, 5) is 0. The van der Waals surface area contributed by atoms with Gasteiger partial charge in [-0.05, 0) is 41.5 Å². The molecule has 5 nitrogen and oxygen atoms in total. The van der Waals surface area contributed by atoms with Gasteiger partial charge >= 0.3 is 7.12 Å². The van der Waals surface area contributed by atoms with Gasteiger partial charge in [0.2, 0.25) is 0 Å².